The number of rotatable bonds is 1. The Morgan fingerprint density at radius 1 is 0.919 bits per heavy atom. The van der Waals surface area contributed by atoms with E-state index in [1.165, 1.54) is 22.4 Å². The van der Waals surface area contributed by atoms with Crippen molar-refractivity contribution in [2.45, 2.75) is 19.1 Å². The Bertz CT molecular complexity index is 1230. The number of hydrogen-bond donors (Lipinski definition) is 2. The molecule has 194 valence electrons. The maximum Gasteiger partial charge on any atom is 0.196 e. The molecule has 6 bridgehead atoms. The number of anilines is 2. The highest BCUT2D eigenvalue weighted by molar-refractivity contribution is 6.15. The zero-order chi connectivity index (χ0) is 24.8. The molecule has 2 fully saturated rings. The van der Waals surface area contributed by atoms with E-state index in [-0.39, 0.29) is 6.29 Å². The highest BCUT2D eigenvalue weighted by Crippen LogP contribution is 2.38. The van der Waals surface area contributed by atoms with Crippen LogP contribution in [-0.4, -0.2) is 76.6 Å². The molecule has 2 aromatic carbocycles. The van der Waals surface area contributed by atoms with E-state index in [0.29, 0.717) is 26.4 Å². The molecule has 0 saturated carbocycles. The van der Waals surface area contributed by atoms with Crippen LogP contribution in [0.1, 0.15) is 17.5 Å². The lowest BCUT2D eigenvalue weighted by Crippen LogP contribution is -2.38. The summed E-state index contributed by atoms with van der Waals surface area (Å²) in [5.41, 5.74) is 7.00. The molecule has 2 aromatic rings. The average Bonchev–Trinajstić information content (AvgIpc) is 3.51. The Kier molecular flexibility index (Phi) is 5.93. The second-order valence-electron chi connectivity index (χ2n) is 10.7. The van der Waals surface area contributed by atoms with E-state index in [1.807, 2.05) is 0 Å². The molecule has 8 heteroatoms. The van der Waals surface area contributed by atoms with Crippen LogP contribution in [0.5, 0.6) is 11.5 Å². The zero-order valence-electron chi connectivity index (χ0n) is 21.4. The van der Waals surface area contributed by atoms with Gasteiger partial charge in [0.15, 0.2) is 6.29 Å². The fraction of sp³-hybridized carbons (Fsp3) is 0.483. The van der Waals surface area contributed by atoms with Gasteiger partial charge in [0.25, 0.3) is 0 Å². The van der Waals surface area contributed by atoms with E-state index in [9.17, 15) is 0 Å². The minimum atomic E-state index is -0.204. The summed E-state index contributed by atoms with van der Waals surface area (Å²) in [7, 11) is 2.09. The molecule has 2 N–H and O–H groups in total. The topological polar surface area (TPSA) is 70.6 Å². The van der Waals surface area contributed by atoms with E-state index in [1.54, 1.807) is 0 Å². The van der Waals surface area contributed by atoms with Gasteiger partial charge in [-0.2, -0.15) is 0 Å². The van der Waals surface area contributed by atoms with Gasteiger partial charge in [0, 0.05) is 56.7 Å². The Hall–Kier alpha value is -3.23. The van der Waals surface area contributed by atoms with E-state index in [0.717, 1.165) is 73.8 Å². The normalized spacial score (nSPS) is 26.9. The van der Waals surface area contributed by atoms with Gasteiger partial charge >= 0.3 is 0 Å². The molecular formula is C29H35N5O3. The summed E-state index contributed by atoms with van der Waals surface area (Å²) in [6, 6.07) is 12.9. The maximum atomic E-state index is 6.32. The van der Waals surface area contributed by atoms with Crippen LogP contribution in [0.25, 0.3) is 0 Å². The summed E-state index contributed by atoms with van der Waals surface area (Å²) < 4.78 is 18.2. The van der Waals surface area contributed by atoms with Crippen LogP contribution in [0, 0.1) is 11.8 Å². The minimum Gasteiger partial charge on any atom is -0.491 e. The molecule has 0 radical (unpaired) electrons. The van der Waals surface area contributed by atoms with Crippen LogP contribution in [0.4, 0.5) is 11.4 Å². The average molecular weight is 502 g/mol. The van der Waals surface area contributed by atoms with Crippen molar-refractivity contribution in [2.75, 3.05) is 69.9 Å². The van der Waals surface area contributed by atoms with Crippen LogP contribution >= 0.6 is 0 Å². The number of fused-ring (bicyclic) bond motifs is 5. The molecule has 5 aliphatic rings. The van der Waals surface area contributed by atoms with Gasteiger partial charge in [-0.15, -0.1) is 0 Å². The first-order chi connectivity index (χ1) is 18.2. The van der Waals surface area contributed by atoms with E-state index in [2.05, 4.69) is 70.1 Å². The third kappa shape index (κ3) is 4.42. The highest BCUT2D eigenvalue weighted by Gasteiger charge is 2.37. The number of ether oxygens (including phenoxy) is 3. The third-order valence-electron chi connectivity index (χ3n) is 8.27. The predicted octanol–water partition coefficient (Wildman–Crippen LogP) is 3.09. The first-order valence-corrected chi connectivity index (χ1v) is 13.5. The fourth-order valence-electron chi connectivity index (χ4n) is 6.30. The fourth-order valence-corrected chi connectivity index (χ4v) is 6.30. The third-order valence-corrected chi connectivity index (χ3v) is 8.27. The first kappa shape index (κ1) is 22.9. The monoisotopic (exact) mass is 501 g/mol. The number of allylic oxidation sites excluding steroid dienone is 1. The van der Waals surface area contributed by atoms with Crippen molar-refractivity contribution in [3.63, 3.8) is 0 Å². The van der Waals surface area contributed by atoms with E-state index < -0.39 is 0 Å². The maximum absolute atomic E-state index is 6.32. The molecule has 2 saturated heterocycles. The molecule has 37 heavy (non-hydrogen) atoms. The second-order valence-corrected chi connectivity index (χ2v) is 10.7. The predicted molar refractivity (Wildman–Crippen MR) is 145 cm³/mol. The van der Waals surface area contributed by atoms with Crippen LogP contribution in [0.2, 0.25) is 0 Å². The molecular weight excluding hydrogens is 466 g/mol. The van der Waals surface area contributed by atoms with Crippen molar-refractivity contribution in [2.24, 2.45) is 16.8 Å². The quantitative estimate of drug-likeness (QED) is 0.622. The zero-order valence-corrected chi connectivity index (χ0v) is 21.4. The summed E-state index contributed by atoms with van der Waals surface area (Å²) >= 11 is 0. The molecule has 7 rings (SSSR count). The van der Waals surface area contributed by atoms with Crippen LogP contribution in [-0.2, 0) is 11.2 Å². The molecule has 3 unspecified atom stereocenters. The van der Waals surface area contributed by atoms with Gasteiger partial charge in [-0.1, -0.05) is 6.07 Å². The molecule has 8 nitrogen and oxygen atoms in total. The molecule has 0 aromatic heterocycles. The number of aliphatic imine (C=N–C) groups is 1. The lowest BCUT2D eigenvalue weighted by Gasteiger charge is -2.34. The summed E-state index contributed by atoms with van der Waals surface area (Å²) in [6.45, 7) is 6.41. The van der Waals surface area contributed by atoms with Crippen molar-refractivity contribution in [3.8, 4) is 11.5 Å². The van der Waals surface area contributed by atoms with Gasteiger partial charge < -0.3 is 34.6 Å². The Morgan fingerprint density at radius 2 is 1.76 bits per heavy atom. The largest absolute Gasteiger partial charge is 0.491 e. The van der Waals surface area contributed by atoms with Crippen LogP contribution in [0.15, 0.2) is 53.2 Å². The summed E-state index contributed by atoms with van der Waals surface area (Å²) in [5, 5.41) is 7.18. The summed E-state index contributed by atoms with van der Waals surface area (Å²) in [6.07, 6.45) is 4.05. The van der Waals surface area contributed by atoms with Gasteiger partial charge in [0.1, 0.15) is 24.7 Å². The van der Waals surface area contributed by atoms with E-state index >= 15 is 0 Å². The van der Waals surface area contributed by atoms with Crippen molar-refractivity contribution in [1.29, 1.82) is 0 Å². The minimum absolute atomic E-state index is 0.204. The molecule has 4 heterocycles. The molecule has 3 atom stereocenters. The summed E-state index contributed by atoms with van der Waals surface area (Å²) in [5.74, 6) is 3.19. The van der Waals surface area contributed by atoms with Crippen LogP contribution < -0.4 is 25.0 Å². The Labute approximate surface area is 218 Å². The molecule has 1 aliphatic carbocycles. The SMILES string of the molecule is CN1C=C2CCc3ccc4cc3C2=NC1Nc1ccc(N2CC3CNCC3C2)c(c1)OCCOCCO4. The van der Waals surface area contributed by atoms with Gasteiger partial charge in [0.05, 0.1) is 24.6 Å². The van der Waals surface area contributed by atoms with Crippen molar-refractivity contribution >= 4 is 17.1 Å². The Balaban J connectivity index is 1.22. The number of nitrogens with zero attached hydrogens (tertiary/aromatic N) is 3. The van der Waals surface area contributed by atoms with Crippen LogP contribution in [0.3, 0.4) is 0 Å². The molecule has 0 amide bonds. The standard InChI is InChI=1S/C29H35N5O3/c1-33-16-20-3-2-19-4-6-24-13-25(19)28(20)32-29(33)31-23-5-7-26(34-17-21-14-30-15-22(21)18-34)27(12-23)37-11-9-35-8-10-36-24/h4-7,12-13,16,21-22,29-31H,2-3,8-11,14-15,17-18H2,1H3. The molecule has 0 spiro atoms. The summed E-state index contributed by atoms with van der Waals surface area (Å²) in [4.78, 5) is 9.85. The van der Waals surface area contributed by atoms with E-state index in [4.69, 9.17) is 19.2 Å². The lowest BCUT2D eigenvalue weighted by molar-refractivity contribution is 0.0765. The van der Waals surface area contributed by atoms with Crippen molar-refractivity contribution < 1.29 is 14.2 Å². The first-order valence-electron chi connectivity index (χ1n) is 13.5. The number of nitrogens with one attached hydrogen (secondary N) is 2. The second kappa shape index (κ2) is 9.58. The smallest absolute Gasteiger partial charge is 0.196 e. The molecule has 4 aliphatic heterocycles. The van der Waals surface area contributed by atoms with Gasteiger partial charge in [-0.3, -0.25) is 0 Å². The lowest BCUT2D eigenvalue weighted by atomic mass is 9.86. The number of benzene rings is 2. The highest BCUT2D eigenvalue weighted by atomic mass is 16.5. The Morgan fingerprint density at radius 3 is 2.62 bits per heavy atom. The van der Waals surface area contributed by atoms with Gasteiger partial charge in [0.2, 0.25) is 0 Å². The van der Waals surface area contributed by atoms with Crippen molar-refractivity contribution in [1.82, 2.24) is 10.2 Å². The van der Waals surface area contributed by atoms with Crippen molar-refractivity contribution in [3.05, 3.63) is 59.3 Å². The van der Waals surface area contributed by atoms with Gasteiger partial charge in [-0.25, -0.2) is 4.99 Å². The number of hydrogen-bond acceptors (Lipinski definition) is 8. The number of aryl methyl sites for hydroxylation is 1. The van der Waals surface area contributed by atoms with Gasteiger partial charge in [-0.05, 0) is 60.1 Å².